The van der Waals surface area contributed by atoms with Gasteiger partial charge in [0.05, 0.1) is 13.2 Å². The zero-order chi connectivity index (χ0) is 12.0. The van der Waals surface area contributed by atoms with Gasteiger partial charge in [-0.05, 0) is 0 Å². The van der Waals surface area contributed by atoms with E-state index < -0.39 is 0 Å². The van der Waals surface area contributed by atoms with Gasteiger partial charge in [-0.15, -0.1) is 11.6 Å². The monoisotopic (exact) mass is 249 g/mol. The second-order valence-electron chi connectivity index (χ2n) is 4.73. The molecular weight excluding hydrogens is 228 g/mol. The number of rotatable bonds is 5. The Hall–Kier alpha value is -0.320. The molecule has 0 aromatic carbocycles. The topological polar surface area (TPSA) is 42.8 Å². The second-order valence-corrected chi connectivity index (χ2v) is 5.00. The Morgan fingerprint density at radius 2 is 2.38 bits per heavy atom. The molecule has 1 fully saturated rings. The number of carbonyl (C=O) groups is 1. The summed E-state index contributed by atoms with van der Waals surface area (Å²) in [6.45, 7) is 9.03. The quantitative estimate of drug-likeness (QED) is 0.632. The normalized spacial score (nSPS) is 25.8. The molecule has 1 aliphatic heterocycles. The highest BCUT2D eigenvalue weighted by atomic mass is 35.5. The van der Waals surface area contributed by atoms with E-state index in [1.54, 1.807) is 4.90 Å². The van der Waals surface area contributed by atoms with Gasteiger partial charge in [-0.1, -0.05) is 13.8 Å². The number of hydrogen-bond acceptors (Lipinski definition) is 2. The van der Waals surface area contributed by atoms with E-state index in [0.717, 1.165) is 19.7 Å². The van der Waals surface area contributed by atoms with Gasteiger partial charge in [-0.3, -0.25) is 4.79 Å². The molecular formula is C11H22ClN2O2+. The van der Waals surface area contributed by atoms with Gasteiger partial charge >= 0.3 is 0 Å². The minimum Gasteiger partial charge on any atom is -0.365 e. The minimum absolute atomic E-state index is 0.0231. The number of amides is 1. The Balaban J connectivity index is 2.24. The third kappa shape index (κ3) is 5.14. The van der Waals surface area contributed by atoms with Crippen molar-refractivity contribution < 1.29 is 14.4 Å². The Kier molecular flexibility index (Phi) is 6.09. The molecule has 4 nitrogen and oxygen atoms in total. The van der Waals surface area contributed by atoms with E-state index >= 15 is 0 Å². The predicted molar refractivity (Wildman–Crippen MR) is 63.9 cm³/mol. The van der Waals surface area contributed by atoms with Crippen LogP contribution in [-0.4, -0.2) is 50.7 Å². The molecule has 0 aromatic heterocycles. The fourth-order valence-electron chi connectivity index (χ4n) is 2.02. The van der Waals surface area contributed by atoms with Crippen LogP contribution in [0.2, 0.25) is 0 Å². The van der Waals surface area contributed by atoms with Crippen molar-refractivity contribution in [3.05, 3.63) is 0 Å². The average Bonchev–Trinajstić information content (AvgIpc) is 2.25. The first-order chi connectivity index (χ1) is 7.61. The van der Waals surface area contributed by atoms with Crippen molar-refractivity contribution in [2.75, 3.05) is 38.7 Å². The molecule has 1 unspecified atom stereocenters. The van der Waals surface area contributed by atoms with Gasteiger partial charge in [0.1, 0.15) is 25.1 Å². The van der Waals surface area contributed by atoms with Crippen LogP contribution in [0.5, 0.6) is 0 Å². The van der Waals surface area contributed by atoms with Gasteiger partial charge in [0.25, 0.3) is 0 Å². The summed E-state index contributed by atoms with van der Waals surface area (Å²) in [4.78, 5) is 12.6. The number of alkyl halides is 1. The maximum atomic E-state index is 11.0. The van der Waals surface area contributed by atoms with E-state index in [2.05, 4.69) is 19.2 Å². The van der Waals surface area contributed by atoms with E-state index in [0.29, 0.717) is 12.5 Å². The highest BCUT2D eigenvalue weighted by Gasteiger charge is 2.24. The molecule has 1 heterocycles. The molecule has 1 saturated heterocycles. The average molecular weight is 250 g/mol. The Labute approximate surface area is 102 Å². The molecule has 1 aliphatic rings. The van der Waals surface area contributed by atoms with E-state index in [1.165, 1.54) is 6.54 Å². The fraction of sp³-hybridized carbons (Fsp3) is 0.909. The third-order valence-corrected chi connectivity index (χ3v) is 2.91. The van der Waals surface area contributed by atoms with Gasteiger partial charge in [0, 0.05) is 12.5 Å². The summed E-state index contributed by atoms with van der Waals surface area (Å²) in [5.74, 6) is 0.599. The molecule has 16 heavy (non-hydrogen) atoms. The summed E-state index contributed by atoms with van der Waals surface area (Å²) in [5, 5.41) is 2.77. The zero-order valence-electron chi connectivity index (χ0n) is 10.1. The first kappa shape index (κ1) is 13.7. The number of ether oxygens (including phenoxy) is 1. The van der Waals surface area contributed by atoms with Crippen LogP contribution < -0.4 is 10.2 Å². The number of quaternary nitrogens is 1. The van der Waals surface area contributed by atoms with Crippen LogP contribution in [0, 0.1) is 5.92 Å². The van der Waals surface area contributed by atoms with Crippen LogP contribution in [0.4, 0.5) is 0 Å². The maximum Gasteiger partial charge on any atom is 0.235 e. The highest BCUT2D eigenvalue weighted by Crippen LogP contribution is 1.93. The molecule has 1 rings (SSSR count). The van der Waals surface area contributed by atoms with Crippen LogP contribution in [-0.2, 0) is 9.53 Å². The van der Waals surface area contributed by atoms with Gasteiger partial charge in [0.15, 0.2) is 0 Å². The lowest BCUT2D eigenvalue weighted by molar-refractivity contribution is -0.914. The van der Waals surface area contributed by atoms with E-state index in [1.807, 2.05) is 0 Å². The van der Waals surface area contributed by atoms with Crippen LogP contribution in [0.3, 0.4) is 0 Å². The fourth-order valence-corrected chi connectivity index (χ4v) is 2.12. The smallest absolute Gasteiger partial charge is 0.235 e. The van der Waals surface area contributed by atoms with Crippen LogP contribution in [0.1, 0.15) is 13.8 Å². The van der Waals surface area contributed by atoms with Crippen LogP contribution in [0.25, 0.3) is 0 Å². The number of hydrogen-bond donors (Lipinski definition) is 2. The van der Waals surface area contributed by atoms with E-state index in [4.69, 9.17) is 16.3 Å². The summed E-state index contributed by atoms with van der Waals surface area (Å²) in [6.07, 6.45) is 0.134. The highest BCUT2D eigenvalue weighted by molar-refractivity contribution is 6.27. The molecule has 0 radical (unpaired) electrons. The van der Waals surface area contributed by atoms with Gasteiger partial charge in [-0.25, -0.2) is 0 Å². The largest absolute Gasteiger partial charge is 0.365 e. The van der Waals surface area contributed by atoms with Crippen molar-refractivity contribution in [1.29, 1.82) is 0 Å². The summed E-state index contributed by atoms with van der Waals surface area (Å²) < 4.78 is 5.61. The first-order valence-corrected chi connectivity index (χ1v) is 6.43. The third-order valence-electron chi connectivity index (χ3n) is 2.67. The van der Waals surface area contributed by atoms with Crippen LogP contribution in [0.15, 0.2) is 0 Å². The molecule has 0 bridgehead atoms. The molecule has 0 aliphatic carbocycles. The van der Waals surface area contributed by atoms with E-state index in [9.17, 15) is 4.79 Å². The summed E-state index contributed by atoms with van der Waals surface area (Å²) in [5.41, 5.74) is 0. The lowest BCUT2D eigenvalue weighted by Crippen LogP contribution is -3.15. The summed E-state index contributed by atoms with van der Waals surface area (Å²) in [7, 11) is 0. The zero-order valence-corrected chi connectivity index (χ0v) is 10.8. The lowest BCUT2D eigenvalue weighted by Gasteiger charge is -2.31. The van der Waals surface area contributed by atoms with Gasteiger partial charge in [0.2, 0.25) is 5.91 Å². The number of morpholine rings is 1. The second kappa shape index (κ2) is 7.09. The molecule has 0 saturated carbocycles. The SMILES string of the molecule is CC(C)C[NH+]1CCO[C@@H](CNC(=O)CCl)C1. The number of halogens is 1. The maximum absolute atomic E-state index is 11.0. The molecule has 5 heteroatoms. The molecule has 2 N–H and O–H groups in total. The van der Waals surface area contributed by atoms with Crippen LogP contribution >= 0.6 is 11.6 Å². The van der Waals surface area contributed by atoms with Crippen molar-refractivity contribution in [1.82, 2.24) is 5.32 Å². The van der Waals surface area contributed by atoms with Crippen molar-refractivity contribution in [3.63, 3.8) is 0 Å². The first-order valence-electron chi connectivity index (χ1n) is 5.89. The number of carbonyl (C=O) groups excluding carboxylic acids is 1. The van der Waals surface area contributed by atoms with Crippen molar-refractivity contribution >= 4 is 17.5 Å². The minimum atomic E-state index is -0.124. The Morgan fingerprint density at radius 3 is 3.00 bits per heavy atom. The molecule has 0 spiro atoms. The van der Waals surface area contributed by atoms with Crippen molar-refractivity contribution in [3.8, 4) is 0 Å². The molecule has 2 atom stereocenters. The Bertz CT molecular complexity index is 224. The molecule has 0 aromatic rings. The van der Waals surface area contributed by atoms with Crippen molar-refractivity contribution in [2.45, 2.75) is 20.0 Å². The number of nitrogens with one attached hydrogen (secondary N) is 2. The van der Waals surface area contributed by atoms with Crippen molar-refractivity contribution in [2.24, 2.45) is 5.92 Å². The molecule has 1 amide bonds. The van der Waals surface area contributed by atoms with Gasteiger partial charge < -0.3 is 15.0 Å². The summed E-state index contributed by atoms with van der Waals surface area (Å²) in [6, 6.07) is 0. The van der Waals surface area contributed by atoms with Gasteiger partial charge in [-0.2, -0.15) is 0 Å². The molecule has 94 valence electrons. The Morgan fingerprint density at radius 1 is 1.62 bits per heavy atom. The standard InChI is InChI=1S/C11H21ClN2O2/c1-9(2)7-14-3-4-16-10(8-14)6-13-11(15)5-12/h9-10H,3-8H2,1-2H3,(H,13,15)/p+1/t10-/m0/s1. The van der Waals surface area contributed by atoms with E-state index in [-0.39, 0.29) is 17.9 Å². The summed E-state index contributed by atoms with van der Waals surface area (Å²) >= 11 is 5.41. The lowest BCUT2D eigenvalue weighted by atomic mass is 10.2. The predicted octanol–water partition coefficient (Wildman–Crippen LogP) is -0.719.